The number of benzene rings is 2. The molecule has 244 valence electrons. The summed E-state index contributed by atoms with van der Waals surface area (Å²) in [5.74, 6) is 4.97. The van der Waals surface area contributed by atoms with Gasteiger partial charge < -0.3 is 18.9 Å². The second-order valence-electron chi connectivity index (χ2n) is 11.5. The van der Waals surface area contributed by atoms with Crippen molar-refractivity contribution in [2.24, 2.45) is 0 Å². The lowest BCUT2D eigenvalue weighted by Crippen LogP contribution is -1.99. The van der Waals surface area contributed by atoms with Crippen LogP contribution in [0.2, 0.25) is 0 Å². The van der Waals surface area contributed by atoms with Crippen molar-refractivity contribution < 1.29 is 18.9 Å². The fourth-order valence-electron chi connectivity index (χ4n) is 5.02. The summed E-state index contributed by atoms with van der Waals surface area (Å²) in [6, 6.07) is 13.7. The van der Waals surface area contributed by atoms with Crippen molar-refractivity contribution in [2.45, 2.75) is 70.6 Å². The second kappa shape index (κ2) is 18.2. The highest BCUT2D eigenvalue weighted by Crippen LogP contribution is 2.33. The van der Waals surface area contributed by atoms with Crippen molar-refractivity contribution >= 4 is 0 Å². The van der Waals surface area contributed by atoms with Crippen LogP contribution in [0, 0.1) is 0 Å². The molecule has 8 nitrogen and oxygen atoms in total. The number of hydrogen-bond donors (Lipinski definition) is 0. The number of nitrogens with zero attached hydrogens (tertiary/aromatic N) is 4. The summed E-state index contributed by atoms with van der Waals surface area (Å²) in [6.45, 7) is 8.86. The molecule has 1 aliphatic heterocycles. The standard InChI is InChI=1S/C39H44N4O4/c1-3-5-7-9-11-13-21-44-35-25-40-38(41-26-35)30-15-18-33(19-16-30)47-37-20-17-31(23-32(37)24-34-29-46-34)39-42-27-36(28-43-39)45-22-14-12-10-8-6-4-2/h3-4,15-20,23,25-29H,1-2,5-14,21-22,24H2. The first kappa shape index (κ1) is 33.4. The van der Waals surface area contributed by atoms with Gasteiger partial charge in [-0.25, -0.2) is 19.9 Å². The summed E-state index contributed by atoms with van der Waals surface area (Å²) in [7, 11) is 0. The van der Waals surface area contributed by atoms with Crippen LogP contribution in [0.25, 0.3) is 22.8 Å². The van der Waals surface area contributed by atoms with E-state index >= 15 is 0 Å². The predicted octanol–water partition coefficient (Wildman–Crippen LogP) is 9.84. The Morgan fingerprint density at radius 2 is 1.11 bits per heavy atom. The molecule has 0 aliphatic carbocycles. The lowest BCUT2D eigenvalue weighted by atomic mass is 10.1. The van der Waals surface area contributed by atoms with Gasteiger partial charge in [0.1, 0.15) is 23.5 Å². The predicted molar refractivity (Wildman–Crippen MR) is 185 cm³/mol. The molecule has 5 rings (SSSR count). The van der Waals surface area contributed by atoms with Gasteiger partial charge in [0.05, 0.1) is 38.0 Å². The average Bonchev–Trinajstić information content (AvgIpc) is 3.93. The molecule has 0 fully saturated rings. The van der Waals surface area contributed by atoms with E-state index in [4.69, 9.17) is 18.9 Å². The van der Waals surface area contributed by atoms with Crippen molar-refractivity contribution in [1.29, 1.82) is 0 Å². The third kappa shape index (κ3) is 11.1. The zero-order valence-electron chi connectivity index (χ0n) is 27.1. The Kier molecular flexibility index (Phi) is 13.0. The lowest BCUT2D eigenvalue weighted by Gasteiger charge is -2.12. The Balaban J connectivity index is 1.14. The molecule has 0 atom stereocenters. The van der Waals surface area contributed by atoms with Gasteiger partial charge >= 0.3 is 0 Å². The Labute approximate surface area is 278 Å². The van der Waals surface area contributed by atoms with Crippen molar-refractivity contribution in [3.8, 4) is 45.8 Å². The van der Waals surface area contributed by atoms with Crippen LogP contribution in [0.5, 0.6) is 23.0 Å². The van der Waals surface area contributed by atoms with Gasteiger partial charge in [0.2, 0.25) is 0 Å². The largest absolute Gasteiger partial charge is 0.490 e. The monoisotopic (exact) mass is 632 g/mol. The third-order valence-corrected chi connectivity index (χ3v) is 7.71. The second-order valence-corrected chi connectivity index (χ2v) is 11.5. The molecule has 3 heterocycles. The lowest BCUT2D eigenvalue weighted by molar-refractivity contribution is 0.302. The maximum Gasteiger partial charge on any atom is 0.159 e. The summed E-state index contributed by atoms with van der Waals surface area (Å²) >= 11 is 0. The van der Waals surface area contributed by atoms with E-state index in [9.17, 15) is 0 Å². The molecular weight excluding hydrogens is 588 g/mol. The van der Waals surface area contributed by atoms with E-state index < -0.39 is 0 Å². The number of rotatable bonds is 22. The summed E-state index contributed by atoms with van der Waals surface area (Å²) < 4.78 is 23.3. The highest BCUT2D eigenvalue weighted by Gasteiger charge is 2.17. The van der Waals surface area contributed by atoms with Crippen molar-refractivity contribution in [3.63, 3.8) is 0 Å². The summed E-state index contributed by atoms with van der Waals surface area (Å²) in [5.41, 5.74) is 2.77. The zero-order chi connectivity index (χ0) is 32.5. The van der Waals surface area contributed by atoms with Crippen LogP contribution in [0.4, 0.5) is 0 Å². The summed E-state index contributed by atoms with van der Waals surface area (Å²) in [6.07, 6.45) is 24.4. The molecule has 1 aliphatic rings. The first-order valence-corrected chi connectivity index (χ1v) is 16.6. The molecule has 47 heavy (non-hydrogen) atoms. The fourth-order valence-corrected chi connectivity index (χ4v) is 5.02. The molecule has 2 aromatic heterocycles. The number of ether oxygens (including phenoxy) is 4. The highest BCUT2D eigenvalue weighted by atomic mass is 16.5. The molecule has 0 N–H and O–H groups in total. The SMILES string of the molecule is C=CCCCCCCOc1cnc(-c2ccc(Oc3ccc(-c4ncc(OCCCCCCC=C)cn4)cc3CC3=CO3)cc2)nc1. The molecule has 2 aromatic carbocycles. The van der Waals surface area contributed by atoms with Gasteiger partial charge in [-0.3, -0.25) is 0 Å². The highest BCUT2D eigenvalue weighted by molar-refractivity contribution is 5.60. The quantitative estimate of drug-likeness (QED) is 0.0624. The first-order chi connectivity index (χ1) is 23.2. The Morgan fingerprint density at radius 3 is 1.64 bits per heavy atom. The molecule has 0 saturated carbocycles. The average molecular weight is 633 g/mol. The van der Waals surface area contributed by atoms with Gasteiger partial charge in [-0.15, -0.1) is 13.2 Å². The number of allylic oxidation sites excluding steroid dienone is 3. The van der Waals surface area contributed by atoms with E-state index in [0.717, 1.165) is 66.7 Å². The zero-order valence-corrected chi connectivity index (χ0v) is 27.1. The molecule has 0 bridgehead atoms. The number of unbranched alkanes of at least 4 members (excludes halogenated alkanes) is 8. The molecule has 0 radical (unpaired) electrons. The summed E-state index contributed by atoms with van der Waals surface area (Å²) in [4.78, 5) is 18.1. The van der Waals surface area contributed by atoms with Gasteiger partial charge in [0, 0.05) is 23.1 Å². The van der Waals surface area contributed by atoms with E-state index in [1.807, 2.05) is 54.6 Å². The fraction of sp³-hybridized carbons (Fsp3) is 0.333. The number of hydrogen-bond acceptors (Lipinski definition) is 8. The smallest absolute Gasteiger partial charge is 0.159 e. The van der Waals surface area contributed by atoms with E-state index in [2.05, 4.69) is 33.1 Å². The van der Waals surface area contributed by atoms with Gasteiger partial charge in [0.15, 0.2) is 23.1 Å². The topological polar surface area (TPSA) is 91.8 Å². The van der Waals surface area contributed by atoms with Crippen LogP contribution in [0.15, 0.2) is 105 Å². The van der Waals surface area contributed by atoms with E-state index in [1.54, 1.807) is 31.0 Å². The van der Waals surface area contributed by atoms with Gasteiger partial charge in [0.25, 0.3) is 0 Å². The summed E-state index contributed by atoms with van der Waals surface area (Å²) in [5, 5.41) is 0. The van der Waals surface area contributed by atoms with Crippen LogP contribution in [0.1, 0.15) is 69.8 Å². The molecule has 0 saturated heterocycles. The van der Waals surface area contributed by atoms with Gasteiger partial charge in [-0.1, -0.05) is 37.8 Å². The molecule has 0 amide bonds. The van der Waals surface area contributed by atoms with Crippen molar-refractivity contribution in [2.75, 3.05) is 13.2 Å². The maximum atomic E-state index is 6.32. The molecule has 0 spiro atoms. The van der Waals surface area contributed by atoms with Crippen LogP contribution in [-0.2, 0) is 11.2 Å². The minimum Gasteiger partial charge on any atom is -0.490 e. The van der Waals surface area contributed by atoms with E-state index in [-0.39, 0.29) is 0 Å². The minimum absolute atomic E-state index is 0.618. The third-order valence-electron chi connectivity index (χ3n) is 7.71. The molecule has 4 aromatic rings. The van der Waals surface area contributed by atoms with Crippen molar-refractivity contribution in [3.05, 3.63) is 110 Å². The van der Waals surface area contributed by atoms with Gasteiger partial charge in [-0.2, -0.15) is 0 Å². The van der Waals surface area contributed by atoms with E-state index in [0.29, 0.717) is 48.5 Å². The Morgan fingerprint density at radius 1 is 0.596 bits per heavy atom. The van der Waals surface area contributed by atoms with Gasteiger partial charge in [-0.05, 0) is 81.0 Å². The maximum absolute atomic E-state index is 6.32. The number of aromatic nitrogens is 4. The van der Waals surface area contributed by atoms with Crippen LogP contribution in [0.3, 0.4) is 0 Å². The van der Waals surface area contributed by atoms with Crippen LogP contribution >= 0.6 is 0 Å². The van der Waals surface area contributed by atoms with Crippen LogP contribution in [-0.4, -0.2) is 33.1 Å². The molecular formula is C39H44N4O4. The normalized spacial score (nSPS) is 11.7. The van der Waals surface area contributed by atoms with E-state index in [1.165, 1.54) is 25.7 Å². The van der Waals surface area contributed by atoms with Crippen molar-refractivity contribution in [1.82, 2.24) is 19.9 Å². The van der Waals surface area contributed by atoms with Crippen LogP contribution < -0.4 is 14.2 Å². The minimum atomic E-state index is 0.618. The molecule has 0 unspecified atom stereocenters. The Bertz CT molecular complexity index is 1590. The Hall–Kier alpha value is -4.98. The molecule has 8 heteroatoms. The first-order valence-electron chi connectivity index (χ1n) is 16.6.